The second kappa shape index (κ2) is 8.80. The first-order valence-corrected chi connectivity index (χ1v) is 8.10. The molecule has 25 heavy (non-hydrogen) atoms. The van der Waals surface area contributed by atoms with Crippen LogP contribution in [0, 0.1) is 0 Å². The summed E-state index contributed by atoms with van der Waals surface area (Å²) in [4.78, 5) is 12.0. The minimum absolute atomic E-state index is 0.0272. The zero-order valence-corrected chi connectivity index (χ0v) is 15.2. The maximum atomic E-state index is 12.0. The molecule has 0 fully saturated rings. The Labute approximate surface area is 155 Å². The van der Waals surface area contributed by atoms with Crippen molar-refractivity contribution in [3.05, 3.63) is 52.0 Å². The van der Waals surface area contributed by atoms with Crippen LogP contribution in [0.3, 0.4) is 0 Å². The lowest BCUT2D eigenvalue weighted by Gasteiger charge is -2.17. The number of hydrogen-bond donors (Lipinski definition) is 3. The van der Waals surface area contributed by atoms with Gasteiger partial charge in [0.1, 0.15) is 17.6 Å². The Morgan fingerprint density at radius 2 is 1.92 bits per heavy atom. The Kier molecular flexibility index (Phi) is 6.75. The fourth-order valence-corrected chi connectivity index (χ4v) is 2.61. The van der Waals surface area contributed by atoms with Gasteiger partial charge in [-0.1, -0.05) is 23.2 Å². The third kappa shape index (κ3) is 5.16. The number of anilines is 1. The van der Waals surface area contributed by atoms with Crippen LogP contribution in [0.5, 0.6) is 11.5 Å². The van der Waals surface area contributed by atoms with Crippen molar-refractivity contribution in [2.45, 2.75) is 6.10 Å². The molecule has 0 aliphatic heterocycles. The molecule has 0 spiro atoms. The molecule has 3 N–H and O–H groups in total. The highest BCUT2D eigenvalue weighted by Gasteiger charge is 2.16. The van der Waals surface area contributed by atoms with Gasteiger partial charge >= 0.3 is 6.03 Å². The molecule has 2 rings (SSSR count). The van der Waals surface area contributed by atoms with Gasteiger partial charge in [0.15, 0.2) is 0 Å². The number of aliphatic hydroxyl groups is 1. The van der Waals surface area contributed by atoms with Crippen molar-refractivity contribution >= 4 is 34.9 Å². The number of amides is 2. The molecule has 2 amide bonds. The number of carbonyl (C=O) groups excluding carboxylic acids is 1. The number of aliphatic hydroxyl groups excluding tert-OH is 1. The first kappa shape index (κ1) is 19.2. The smallest absolute Gasteiger partial charge is 0.319 e. The van der Waals surface area contributed by atoms with E-state index in [4.69, 9.17) is 32.7 Å². The van der Waals surface area contributed by atoms with Crippen molar-refractivity contribution in [1.29, 1.82) is 0 Å². The molecule has 2 aromatic carbocycles. The van der Waals surface area contributed by atoms with E-state index < -0.39 is 12.1 Å². The molecule has 134 valence electrons. The topological polar surface area (TPSA) is 79.8 Å². The summed E-state index contributed by atoms with van der Waals surface area (Å²) in [6.45, 7) is -0.0272. The van der Waals surface area contributed by atoms with E-state index in [-0.39, 0.29) is 6.54 Å². The molecule has 0 heterocycles. The van der Waals surface area contributed by atoms with E-state index >= 15 is 0 Å². The maximum Gasteiger partial charge on any atom is 0.319 e. The summed E-state index contributed by atoms with van der Waals surface area (Å²) in [6.07, 6.45) is -0.975. The first-order chi connectivity index (χ1) is 11.9. The third-order valence-electron chi connectivity index (χ3n) is 3.43. The molecule has 0 saturated carbocycles. The summed E-state index contributed by atoms with van der Waals surface area (Å²) in [6, 6.07) is 9.27. The van der Waals surface area contributed by atoms with E-state index in [0.29, 0.717) is 32.8 Å². The number of halogens is 2. The van der Waals surface area contributed by atoms with Gasteiger partial charge in [-0.15, -0.1) is 0 Å². The minimum Gasteiger partial charge on any atom is -0.497 e. The third-order valence-corrected chi connectivity index (χ3v) is 3.98. The van der Waals surface area contributed by atoms with E-state index in [1.807, 2.05) is 0 Å². The Morgan fingerprint density at radius 3 is 2.56 bits per heavy atom. The SMILES string of the molecule is COc1ccc(OC)c([C@H](O)CNC(=O)Nc2ccc(Cl)cc2Cl)c1. The lowest BCUT2D eigenvalue weighted by Crippen LogP contribution is -2.32. The molecule has 1 atom stereocenters. The summed E-state index contributed by atoms with van der Waals surface area (Å²) in [5.74, 6) is 1.07. The molecular weight excluding hydrogens is 367 g/mol. The molecular formula is C17H18Cl2N2O4. The molecule has 6 nitrogen and oxygen atoms in total. The number of carbonyl (C=O) groups is 1. The second-order valence-electron chi connectivity index (χ2n) is 5.08. The van der Waals surface area contributed by atoms with E-state index in [1.54, 1.807) is 30.3 Å². The van der Waals surface area contributed by atoms with Crippen molar-refractivity contribution in [3.63, 3.8) is 0 Å². The van der Waals surface area contributed by atoms with Crippen LogP contribution in [0.1, 0.15) is 11.7 Å². The van der Waals surface area contributed by atoms with Crippen molar-refractivity contribution in [1.82, 2.24) is 5.32 Å². The van der Waals surface area contributed by atoms with Crippen LogP contribution >= 0.6 is 23.2 Å². The summed E-state index contributed by atoms with van der Waals surface area (Å²) >= 11 is 11.8. The average molecular weight is 385 g/mol. The standard InChI is InChI=1S/C17H18Cl2N2O4/c1-24-11-4-6-16(25-2)12(8-11)15(22)9-20-17(23)21-14-5-3-10(18)7-13(14)19/h3-8,15,22H,9H2,1-2H3,(H2,20,21,23)/t15-/m1/s1. The molecule has 0 radical (unpaired) electrons. The predicted molar refractivity (Wildman–Crippen MR) is 98.0 cm³/mol. The highest BCUT2D eigenvalue weighted by Crippen LogP contribution is 2.29. The predicted octanol–water partition coefficient (Wildman–Crippen LogP) is 3.87. The van der Waals surface area contributed by atoms with Gasteiger partial charge in [0.2, 0.25) is 0 Å². The number of hydrogen-bond acceptors (Lipinski definition) is 4. The van der Waals surface area contributed by atoms with Gasteiger partial charge in [0, 0.05) is 17.1 Å². The molecule has 0 aliphatic rings. The Bertz CT molecular complexity index is 755. The van der Waals surface area contributed by atoms with E-state index in [0.717, 1.165) is 0 Å². The van der Waals surface area contributed by atoms with Crippen LogP contribution in [0.25, 0.3) is 0 Å². The Morgan fingerprint density at radius 1 is 1.16 bits per heavy atom. The van der Waals surface area contributed by atoms with Crippen LogP contribution in [-0.2, 0) is 0 Å². The zero-order chi connectivity index (χ0) is 18.4. The van der Waals surface area contributed by atoms with Crippen LogP contribution < -0.4 is 20.1 Å². The molecule has 0 aromatic heterocycles. The Hall–Kier alpha value is -2.15. The van der Waals surface area contributed by atoms with Gasteiger partial charge < -0.3 is 25.2 Å². The van der Waals surface area contributed by atoms with Crippen LogP contribution in [-0.4, -0.2) is 31.9 Å². The van der Waals surface area contributed by atoms with Crippen LogP contribution in [0.2, 0.25) is 10.0 Å². The molecule has 2 aromatic rings. The molecule has 8 heteroatoms. The highest BCUT2D eigenvalue weighted by molar-refractivity contribution is 6.36. The van der Waals surface area contributed by atoms with Gasteiger partial charge in [0.05, 0.1) is 24.9 Å². The zero-order valence-electron chi connectivity index (χ0n) is 13.7. The van der Waals surface area contributed by atoms with Crippen LogP contribution in [0.15, 0.2) is 36.4 Å². The maximum absolute atomic E-state index is 12.0. The van der Waals surface area contributed by atoms with Gasteiger partial charge in [-0.05, 0) is 36.4 Å². The highest BCUT2D eigenvalue weighted by atomic mass is 35.5. The van der Waals surface area contributed by atoms with Crippen molar-refractivity contribution in [2.24, 2.45) is 0 Å². The summed E-state index contributed by atoms with van der Waals surface area (Å²) in [5, 5.41) is 16.3. The minimum atomic E-state index is -0.975. The molecule has 0 bridgehead atoms. The van der Waals surface area contributed by atoms with Gasteiger partial charge in [0.25, 0.3) is 0 Å². The summed E-state index contributed by atoms with van der Waals surface area (Å²) in [5.41, 5.74) is 0.920. The van der Waals surface area contributed by atoms with Crippen molar-refractivity contribution in [2.75, 3.05) is 26.1 Å². The van der Waals surface area contributed by atoms with Gasteiger partial charge in [-0.2, -0.15) is 0 Å². The second-order valence-corrected chi connectivity index (χ2v) is 5.93. The summed E-state index contributed by atoms with van der Waals surface area (Å²) in [7, 11) is 3.03. The fourth-order valence-electron chi connectivity index (χ4n) is 2.16. The van der Waals surface area contributed by atoms with E-state index in [1.165, 1.54) is 20.3 Å². The number of benzene rings is 2. The Balaban J connectivity index is 1.99. The number of methoxy groups -OCH3 is 2. The van der Waals surface area contributed by atoms with E-state index in [9.17, 15) is 9.90 Å². The first-order valence-electron chi connectivity index (χ1n) is 7.34. The van der Waals surface area contributed by atoms with Crippen LogP contribution in [0.4, 0.5) is 10.5 Å². The lowest BCUT2D eigenvalue weighted by atomic mass is 10.1. The number of nitrogens with one attached hydrogen (secondary N) is 2. The van der Waals surface area contributed by atoms with Crippen molar-refractivity contribution < 1.29 is 19.4 Å². The van der Waals surface area contributed by atoms with Gasteiger partial charge in [-0.3, -0.25) is 0 Å². The fraction of sp³-hybridized carbons (Fsp3) is 0.235. The monoisotopic (exact) mass is 384 g/mol. The number of rotatable bonds is 6. The normalized spacial score (nSPS) is 11.6. The van der Waals surface area contributed by atoms with E-state index in [2.05, 4.69) is 10.6 Å². The van der Waals surface area contributed by atoms with Crippen molar-refractivity contribution in [3.8, 4) is 11.5 Å². The quantitative estimate of drug-likeness (QED) is 0.706. The number of ether oxygens (including phenoxy) is 2. The molecule has 0 saturated heterocycles. The number of urea groups is 1. The lowest BCUT2D eigenvalue weighted by molar-refractivity contribution is 0.170. The molecule has 0 unspecified atom stereocenters. The average Bonchev–Trinajstić information content (AvgIpc) is 2.61. The summed E-state index contributed by atoms with van der Waals surface area (Å²) < 4.78 is 10.4. The van der Waals surface area contributed by atoms with Gasteiger partial charge in [-0.25, -0.2) is 4.79 Å². The largest absolute Gasteiger partial charge is 0.497 e. The molecule has 0 aliphatic carbocycles.